The first-order chi connectivity index (χ1) is 14.1. The number of piperazine rings is 1. The Labute approximate surface area is 173 Å². The lowest BCUT2D eigenvalue weighted by Gasteiger charge is -2.36. The van der Waals surface area contributed by atoms with Crippen LogP contribution in [0.25, 0.3) is 0 Å². The number of likely N-dealkylation sites (tertiary alicyclic amines) is 1. The van der Waals surface area contributed by atoms with Crippen molar-refractivity contribution in [3.63, 3.8) is 0 Å². The zero-order valence-electron chi connectivity index (χ0n) is 17.7. The first kappa shape index (κ1) is 21.6. The minimum Gasteiger partial charge on any atom is -0.497 e. The quantitative estimate of drug-likeness (QED) is 0.687. The van der Waals surface area contributed by atoms with Gasteiger partial charge in [0.25, 0.3) is 0 Å². The number of nitrogens with one attached hydrogen (secondary N) is 2. The number of hydrogen-bond donors (Lipinski definition) is 2. The van der Waals surface area contributed by atoms with Crippen LogP contribution in [0, 0.1) is 0 Å². The zero-order chi connectivity index (χ0) is 20.6. The molecule has 2 fully saturated rings. The van der Waals surface area contributed by atoms with Crippen molar-refractivity contribution >= 4 is 11.8 Å². The predicted octanol–water partition coefficient (Wildman–Crippen LogP) is 1.38. The van der Waals surface area contributed by atoms with Crippen LogP contribution in [0.5, 0.6) is 5.75 Å². The number of methoxy groups -OCH3 is 1. The van der Waals surface area contributed by atoms with Gasteiger partial charge in [0.15, 0.2) is 0 Å². The summed E-state index contributed by atoms with van der Waals surface area (Å²) in [5.74, 6) is 0.705. The van der Waals surface area contributed by atoms with E-state index in [0.717, 1.165) is 56.8 Å². The smallest absolute Gasteiger partial charge is 0.237 e. The second-order valence-electron chi connectivity index (χ2n) is 8.02. The molecular formula is C22H34N4O3. The van der Waals surface area contributed by atoms with E-state index in [0.29, 0.717) is 13.1 Å². The normalized spacial score (nSPS) is 21.6. The maximum absolute atomic E-state index is 12.7. The molecule has 0 aliphatic carbocycles. The molecule has 7 heteroatoms. The van der Waals surface area contributed by atoms with E-state index in [4.69, 9.17) is 4.74 Å². The molecule has 2 saturated heterocycles. The van der Waals surface area contributed by atoms with Crippen LogP contribution in [0.1, 0.15) is 38.2 Å². The number of carbonyl (C=O) groups excluding carboxylic acids is 2. The van der Waals surface area contributed by atoms with Crippen molar-refractivity contribution in [2.45, 2.75) is 51.2 Å². The highest BCUT2D eigenvalue weighted by Gasteiger charge is 2.32. The van der Waals surface area contributed by atoms with Crippen LogP contribution in [0.4, 0.5) is 0 Å². The number of hydrogen-bond acceptors (Lipinski definition) is 5. The highest BCUT2D eigenvalue weighted by atomic mass is 16.5. The number of amides is 2. The summed E-state index contributed by atoms with van der Waals surface area (Å²) < 4.78 is 5.30. The lowest BCUT2D eigenvalue weighted by atomic mass is 10.0. The molecule has 0 bridgehead atoms. The van der Waals surface area contributed by atoms with E-state index in [1.165, 1.54) is 0 Å². The number of ether oxygens (including phenoxy) is 1. The molecule has 0 aromatic heterocycles. The van der Waals surface area contributed by atoms with Crippen molar-refractivity contribution < 1.29 is 14.3 Å². The van der Waals surface area contributed by atoms with Crippen molar-refractivity contribution in [2.24, 2.45) is 0 Å². The van der Waals surface area contributed by atoms with Gasteiger partial charge < -0.3 is 20.3 Å². The molecule has 0 spiro atoms. The number of piperidine rings is 1. The summed E-state index contributed by atoms with van der Waals surface area (Å²) in [6.07, 6.45) is 3.33. The van der Waals surface area contributed by atoms with Crippen molar-refractivity contribution in [3.8, 4) is 5.75 Å². The fraction of sp³-hybridized carbons (Fsp3) is 0.636. The molecule has 7 nitrogen and oxygen atoms in total. The molecule has 29 heavy (non-hydrogen) atoms. The molecule has 0 saturated carbocycles. The summed E-state index contributed by atoms with van der Waals surface area (Å²) in [5, 5.41) is 6.07. The third kappa shape index (κ3) is 6.18. The largest absolute Gasteiger partial charge is 0.497 e. The number of carbonyl (C=O) groups is 2. The van der Waals surface area contributed by atoms with Gasteiger partial charge in [-0.15, -0.1) is 0 Å². The Kier molecular flexibility index (Phi) is 7.89. The van der Waals surface area contributed by atoms with Gasteiger partial charge in [0.05, 0.1) is 19.6 Å². The first-order valence-corrected chi connectivity index (χ1v) is 10.8. The topological polar surface area (TPSA) is 73.9 Å². The second kappa shape index (κ2) is 10.6. The molecule has 3 rings (SSSR count). The van der Waals surface area contributed by atoms with Gasteiger partial charge in [0.1, 0.15) is 5.75 Å². The van der Waals surface area contributed by atoms with E-state index in [1.54, 1.807) is 7.11 Å². The SMILES string of the molecule is CCCN1CCC(NC(=O)C[C@H]2C(=O)NCCN2Cc2cccc(OC)c2)CC1. The first-order valence-electron chi connectivity index (χ1n) is 10.8. The molecule has 2 amide bonds. The minimum absolute atomic E-state index is 0.0309. The van der Waals surface area contributed by atoms with Gasteiger partial charge in [-0.2, -0.15) is 0 Å². The summed E-state index contributed by atoms with van der Waals surface area (Å²) >= 11 is 0. The molecule has 160 valence electrons. The van der Waals surface area contributed by atoms with E-state index >= 15 is 0 Å². The Hall–Kier alpha value is -2.12. The molecule has 2 N–H and O–H groups in total. The number of benzene rings is 1. The Morgan fingerprint density at radius 3 is 2.79 bits per heavy atom. The maximum Gasteiger partial charge on any atom is 0.237 e. The third-order valence-corrected chi connectivity index (χ3v) is 5.83. The van der Waals surface area contributed by atoms with Crippen LogP contribution in [0.2, 0.25) is 0 Å². The average Bonchev–Trinajstić information content (AvgIpc) is 2.72. The second-order valence-corrected chi connectivity index (χ2v) is 8.02. The minimum atomic E-state index is -0.435. The fourth-order valence-electron chi connectivity index (χ4n) is 4.26. The van der Waals surface area contributed by atoms with Gasteiger partial charge in [-0.1, -0.05) is 19.1 Å². The molecule has 1 aromatic carbocycles. The molecule has 0 radical (unpaired) electrons. The highest BCUT2D eigenvalue weighted by Crippen LogP contribution is 2.18. The van der Waals surface area contributed by atoms with E-state index in [1.807, 2.05) is 24.3 Å². The summed E-state index contributed by atoms with van der Waals surface area (Å²) in [7, 11) is 1.65. The average molecular weight is 403 g/mol. The van der Waals surface area contributed by atoms with Gasteiger partial charge in [0, 0.05) is 38.8 Å². The van der Waals surface area contributed by atoms with Crippen LogP contribution >= 0.6 is 0 Å². The van der Waals surface area contributed by atoms with Gasteiger partial charge >= 0.3 is 0 Å². The van der Waals surface area contributed by atoms with Crippen molar-refractivity contribution in [1.82, 2.24) is 20.4 Å². The molecule has 2 heterocycles. The standard InChI is InChI=1S/C22H34N4O3/c1-3-10-25-11-7-18(8-12-25)24-21(27)15-20-22(28)23-9-13-26(20)16-17-5-4-6-19(14-17)29-2/h4-6,14,18,20H,3,7-13,15-16H2,1-2H3,(H,23,28)(H,24,27)/t20-/m0/s1. The van der Waals surface area contributed by atoms with E-state index in [9.17, 15) is 9.59 Å². The number of rotatable bonds is 8. The van der Waals surface area contributed by atoms with Crippen LogP contribution < -0.4 is 15.4 Å². The van der Waals surface area contributed by atoms with Crippen LogP contribution in [0.3, 0.4) is 0 Å². The Morgan fingerprint density at radius 1 is 1.28 bits per heavy atom. The van der Waals surface area contributed by atoms with Crippen molar-refractivity contribution in [2.75, 3.05) is 39.8 Å². The summed E-state index contributed by atoms with van der Waals surface area (Å²) in [5.41, 5.74) is 1.08. The van der Waals surface area contributed by atoms with Crippen LogP contribution in [-0.2, 0) is 16.1 Å². The van der Waals surface area contributed by atoms with E-state index in [-0.39, 0.29) is 24.3 Å². The van der Waals surface area contributed by atoms with E-state index < -0.39 is 6.04 Å². The molecule has 1 atom stereocenters. The van der Waals surface area contributed by atoms with Gasteiger partial charge in [0.2, 0.25) is 11.8 Å². The molecule has 0 unspecified atom stereocenters. The molecule has 2 aliphatic heterocycles. The number of nitrogens with zero attached hydrogens (tertiary/aromatic N) is 2. The van der Waals surface area contributed by atoms with E-state index in [2.05, 4.69) is 27.4 Å². The lowest BCUT2D eigenvalue weighted by molar-refractivity contribution is -0.134. The van der Waals surface area contributed by atoms with Gasteiger partial charge in [-0.25, -0.2) is 0 Å². The van der Waals surface area contributed by atoms with Gasteiger partial charge in [-0.05, 0) is 43.5 Å². The van der Waals surface area contributed by atoms with Crippen LogP contribution in [-0.4, -0.2) is 73.5 Å². The highest BCUT2D eigenvalue weighted by molar-refractivity contribution is 5.88. The zero-order valence-corrected chi connectivity index (χ0v) is 17.7. The Balaban J connectivity index is 1.55. The third-order valence-electron chi connectivity index (χ3n) is 5.83. The maximum atomic E-state index is 12.7. The monoisotopic (exact) mass is 402 g/mol. The van der Waals surface area contributed by atoms with Crippen LogP contribution in [0.15, 0.2) is 24.3 Å². The summed E-state index contributed by atoms with van der Waals surface area (Å²) in [4.78, 5) is 29.7. The van der Waals surface area contributed by atoms with Crippen molar-refractivity contribution in [1.29, 1.82) is 0 Å². The Bertz CT molecular complexity index is 688. The lowest BCUT2D eigenvalue weighted by Crippen LogP contribution is -2.56. The van der Waals surface area contributed by atoms with Crippen molar-refractivity contribution in [3.05, 3.63) is 29.8 Å². The fourth-order valence-corrected chi connectivity index (χ4v) is 4.26. The Morgan fingerprint density at radius 2 is 2.07 bits per heavy atom. The summed E-state index contributed by atoms with van der Waals surface area (Å²) in [6, 6.07) is 7.64. The molecule has 2 aliphatic rings. The van der Waals surface area contributed by atoms with Gasteiger partial charge in [-0.3, -0.25) is 14.5 Å². The summed E-state index contributed by atoms with van der Waals surface area (Å²) in [6.45, 7) is 7.35. The molecule has 1 aromatic rings. The molecular weight excluding hydrogens is 368 g/mol. The predicted molar refractivity (Wildman–Crippen MR) is 113 cm³/mol.